The Morgan fingerprint density at radius 3 is 2.79 bits per heavy atom. The lowest BCUT2D eigenvalue weighted by atomic mass is 9.96. The first-order chi connectivity index (χ1) is 9.31. The minimum absolute atomic E-state index is 0.473. The zero-order valence-corrected chi connectivity index (χ0v) is 11.2. The Morgan fingerprint density at radius 1 is 1.37 bits per heavy atom. The van der Waals surface area contributed by atoms with Crippen LogP contribution in [0.5, 0.6) is 6.01 Å². The van der Waals surface area contributed by atoms with Gasteiger partial charge in [0, 0.05) is 37.4 Å². The van der Waals surface area contributed by atoms with Crippen LogP contribution in [-0.2, 0) is 6.54 Å². The molecule has 0 saturated carbocycles. The van der Waals surface area contributed by atoms with E-state index in [0.29, 0.717) is 11.9 Å². The maximum Gasteiger partial charge on any atom is 0.316 e. The summed E-state index contributed by atoms with van der Waals surface area (Å²) in [5, 5.41) is 4.44. The normalized spacial score (nSPS) is 15.4. The van der Waals surface area contributed by atoms with Crippen LogP contribution in [0, 0.1) is 0 Å². The Hall–Kier alpha value is -2.11. The molecule has 100 valence electrons. The van der Waals surface area contributed by atoms with E-state index in [0.717, 1.165) is 31.3 Å². The zero-order valence-electron chi connectivity index (χ0n) is 11.2. The lowest BCUT2D eigenvalue weighted by Gasteiger charge is -2.37. The highest BCUT2D eigenvalue weighted by Crippen LogP contribution is 2.29. The van der Waals surface area contributed by atoms with Crippen LogP contribution in [0.4, 0.5) is 5.95 Å². The van der Waals surface area contributed by atoms with E-state index in [1.165, 1.54) is 0 Å². The predicted molar refractivity (Wildman–Crippen MR) is 71.4 cm³/mol. The molecule has 6 nitrogen and oxygen atoms in total. The number of hydrogen-bond acceptors (Lipinski definition) is 5. The largest absolute Gasteiger partial charge is 0.467 e. The van der Waals surface area contributed by atoms with Gasteiger partial charge in [0.05, 0.1) is 7.11 Å². The van der Waals surface area contributed by atoms with E-state index >= 15 is 0 Å². The van der Waals surface area contributed by atoms with Crippen molar-refractivity contribution in [3.63, 3.8) is 0 Å². The Morgan fingerprint density at radius 2 is 2.21 bits per heavy atom. The van der Waals surface area contributed by atoms with Crippen molar-refractivity contribution in [2.75, 3.05) is 25.1 Å². The molecule has 1 saturated heterocycles. The van der Waals surface area contributed by atoms with Gasteiger partial charge < -0.3 is 9.64 Å². The van der Waals surface area contributed by atoms with Crippen LogP contribution in [0.25, 0.3) is 0 Å². The van der Waals surface area contributed by atoms with Crippen molar-refractivity contribution in [3.8, 4) is 6.01 Å². The Bertz CT molecular complexity index is 526. The van der Waals surface area contributed by atoms with Crippen LogP contribution in [0.15, 0.2) is 24.4 Å². The SMILES string of the molecule is CCn1nc(N2CC(c3ccccn3)C2)nc1OC. The quantitative estimate of drug-likeness (QED) is 0.828. The number of aromatic nitrogens is 4. The number of hydrogen-bond donors (Lipinski definition) is 0. The van der Waals surface area contributed by atoms with Gasteiger partial charge in [-0.3, -0.25) is 4.98 Å². The zero-order chi connectivity index (χ0) is 13.2. The Labute approximate surface area is 112 Å². The van der Waals surface area contributed by atoms with Gasteiger partial charge in [-0.1, -0.05) is 6.07 Å². The molecule has 3 heterocycles. The molecule has 0 aliphatic carbocycles. The van der Waals surface area contributed by atoms with Crippen LogP contribution in [-0.4, -0.2) is 39.9 Å². The molecular weight excluding hydrogens is 242 g/mol. The van der Waals surface area contributed by atoms with E-state index in [1.54, 1.807) is 11.8 Å². The second-order valence-electron chi connectivity index (χ2n) is 4.57. The maximum atomic E-state index is 5.20. The van der Waals surface area contributed by atoms with Crippen molar-refractivity contribution in [1.29, 1.82) is 0 Å². The minimum atomic E-state index is 0.473. The molecule has 0 atom stereocenters. The van der Waals surface area contributed by atoms with Gasteiger partial charge in [0.2, 0.25) is 5.95 Å². The molecule has 1 fully saturated rings. The third kappa shape index (κ3) is 2.14. The molecule has 0 N–H and O–H groups in total. The van der Waals surface area contributed by atoms with Crippen LogP contribution >= 0.6 is 0 Å². The van der Waals surface area contributed by atoms with Crippen LogP contribution in [0.2, 0.25) is 0 Å². The first kappa shape index (κ1) is 12.0. The third-order valence-corrected chi connectivity index (χ3v) is 3.38. The van der Waals surface area contributed by atoms with Gasteiger partial charge in [-0.15, -0.1) is 5.10 Å². The number of methoxy groups -OCH3 is 1. The van der Waals surface area contributed by atoms with Crippen LogP contribution < -0.4 is 9.64 Å². The summed E-state index contributed by atoms with van der Waals surface area (Å²) in [7, 11) is 1.62. The lowest BCUT2D eigenvalue weighted by Crippen LogP contribution is -2.46. The Kier molecular flexibility index (Phi) is 3.06. The molecule has 0 aromatic carbocycles. The van der Waals surface area contributed by atoms with Crippen molar-refractivity contribution < 1.29 is 4.74 Å². The van der Waals surface area contributed by atoms with Gasteiger partial charge in [0.25, 0.3) is 0 Å². The van der Waals surface area contributed by atoms with Crippen molar-refractivity contribution >= 4 is 5.95 Å². The minimum Gasteiger partial charge on any atom is -0.467 e. The summed E-state index contributed by atoms with van der Waals surface area (Å²) >= 11 is 0. The summed E-state index contributed by atoms with van der Waals surface area (Å²) in [5.41, 5.74) is 1.14. The Balaban J connectivity index is 1.69. The van der Waals surface area contributed by atoms with Gasteiger partial charge in [-0.2, -0.15) is 4.98 Å². The van der Waals surface area contributed by atoms with Crippen molar-refractivity contribution in [2.45, 2.75) is 19.4 Å². The first-order valence-corrected chi connectivity index (χ1v) is 6.46. The summed E-state index contributed by atoms with van der Waals surface area (Å²) in [6.45, 7) is 4.60. The molecule has 1 aliphatic rings. The summed E-state index contributed by atoms with van der Waals surface area (Å²) in [5.74, 6) is 1.21. The molecular formula is C13H17N5O. The van der Waals surface area contributed by atoms with E-state index in [9.17, 15) is 0 Å². The van der Waals surface area contributed by atoms with Crippen LogP contribution in [0.3, 0.4) is 0 Å². The van der Waals surface area contributed by atoms with E-state index in [-0.39, 0.29) is 0 Å². The van der Waals surface area contributed by atoms with Gasteiger partial charge >= 0.3 is 6.01 Å². The first-order valence-electron chi connectivity index (χ1n) is 6.46. The van der Waals surface area contributed by atoms with Crippen molar-refractivity contribution in [3.05, 3.63) is 30.1 Å². The molecule has 6 heteroatoms. The van der Waals surface area contributed by atoms with E-state index in [1.807, 2.05) is 25.3 Å². The fourth-order valence-corrected chi connectivity index (χ4v) is 2.25. The molecule has 2 aromatic heterocycles. The average Bonchev–Trinajstić information content (AvgIpc) is 2.81. The maximum absolute atomic E-state index is 5.20. The van der Waals surface area contributed by atoms with E-state index < -0.39 is 0 Å². The summed E-state index contributed by atoms with van der Waals surface area (Å²) < 4.78 is 6.96. The number of aryl methyl sites for hydroxylation is 1. The molecule has 0 radical (unpaired) electrons. The number of nitrogens with zero attached hydrogens (tertiary/aromatic N) is 5. The summed E-state index contributed by atoms with van der Waals surface area (Å²) in [4.78, 5) is 10.9. The molecule has 19 heavy (non-hydrogen) atoms. The number of rotatable bonds is 4. The third-order valence-electron chi connectivity index (χ3n) is 3.38. The molecule has 2 aromatic rings. The highest BCUT2D eigenvalue weighted by atomic mass is 16.5. The molecule has 0 spiro atoms. The van der Waals surface area contributed by atoms with Gasteiger partial charge in [-0.05, 0) is 19.1 Å². The fourth-order valence-electron chi connectivity index (χ4n) is 2.25. The number of ether oxygens (including phenoxy) is 1. The van der Waals surface area contributed by atoms with Crippen LogP contribution in [0.1, 0.15) is 18.5 Å². The fraction of sp³-hybridized carbons (Fsp3) is 0.462. The molecule has 0 bridgehead atoms. The monoisotopic (exact) mass is 259 g/mol. The molecule has 3 rings (SSSR count). The number of anilines is 1. The van der Waals surface area contributed by atoms with E-state index in [4.69, 9.17) is 4.74 Å². The highest BCUT2D eigenvalue weighted by Gasteiger charge is 2.32. The molecule has 1 aliphatic heterocycles. The average molecular weight is 259 g/mol. The molecule has 0 amide bonds. The van der Waals surface area contributed by atoms with Gasteiger partial charge in [0.15, 0.2) is 0 Å². The van der Waals surface area contributed by atoms with Gasteiger partial charge in [-0.25, -0.2) is 4.68 Å². The predicted octanol–water partition coefficient (Wildman–Crippen LogP) is 1.31. The van der Waals surface area contributed by atoms with Crippen molar-refractivity contribution in [1.82, 2.24) is 19.7 Å². The van der Waals surface area contributed by atoms with Gasteiger partial charge in [0.1, 0.15) is 0 Å². The smallest absolute Gasteiger partial charge is 0.316 e. The second-order valence-corrected chi connectivity index (χ2v) is 4.57. The number of pyridine rings is 1. The highest BCUT2D eigenvalue weighted by molar-refractivity contribution is 5.38. The molecule has 0 unspecified atom stereocenters. The van der Waals surface area contributed by atoms with Crippen molar-refractivity contribution in [2.24, 2.45) is 0 Å². The second kappa shape index (κ2) is 4.87. The summed E-state index contributed by atoms with van der Waals surface area (Å²) in [6.07, 6.45) is 1.84. The standard InChI is InChI=1S/C13H17N5O/c1-3-18-13(19-2)15-12(16-18)17-8-10(9-17)11-6-4-5-7-14-11/h4-7,10H,3,8-9H2,1-2H3. The summed E-state index contributed by atoms with van der Waals surface area (Å²) in [6, 6.07) is 6.60. The van der Waals surface area contributed by atoms with E-state index in [2.05, 4.69) is 26.0 Å². The topological polar surface area (TPSA) is 56.1 Å². The lowest BCUT2D eigenvalue weighted by molar-refractivity contribution is 0.350.